The average molecular weight is 635 g/mol. The molecular formula is C31H40F2N4O6S. The first kappa shape index (κ1) is 33.3. The van der Waals surface area contributed by atoms with Gasteiger partial charge in [-0.2, -0.15) is 0 Å². The SMILES string of the molecule is CCc1cn2c3c(cc(C(=O)N[C@@H](Cc4ccccc4)[C@H](O)CNC4CCC(F)(F)CC4)cc13)N(C)S(=O)(=O)CC2.O=CO. The summed E-state index contributed by atoms with van der Waals surface area (Å²) in [6.07, 6.45) is 2.35. The van der Waals surface area contributed by atoms with E-state index in [1.54, 1.807) is 12.1 Å². The summed E-state index contributed by atoms with van der Waals surface area (Å²) in [4.78, 5) is 22.1. The van der Waals surface area contributed by atoms with Gasteiger partial charge >= 0.3 is 0 Å². The molecule has 0 bridgehead atoms. The van der Waals surface area contributed by atoms with E-state index in [4.69, 9.17) is 9.90 Å². The number of aryl methyl sites for hydroxylation is 2. The van der Waals surface area contributed by atoms with Gasteiger partial charge in [-0.1, -0.05) is 37.3 Å². The molecule has 2 heterocycles. The molecule has 1 fully saturated rings. The van der Waals surface area contributed by atoms with Crippen LogP contribution in [0.2, 0.25) is 0 Å². The highest BCUT2D eigenvalue weighted by atomic mass is 32.2. The average Bonchev–Trinajstić information content (AvgIpc) is 3.32. The second-order valence-electron chi connectivity index (χ2n) is 11.4. The number of rotatable bonds is 9. The lowest BCUT2D eigenvalue weighted by molar-refractivity contribution is -0.122. The number of aliphatic hydroxyl groups excluding tert-OH is 1. The molecule has 0 radical (unpaired) electrons. The predicted molar refractivity (Wildman–Crippen MR) is 165 cm³/mol. The second-order valence-corrected chi connectivity index (χ2v) is 13.5. The summed E-state index contributed by atoms with van der Waals surface area (Å²) < 4.78 is 56.1. The molecule has 0 saturated heterocycles. The molecule has 1 aliphatic carbocycles. The van der Waals surface area contributed by atoms with Crippen LogP contribution in [0.3, 0.4) is 0 Å². The van der Waals surface area contributed by atoms with Crippen molar-refractivity contribution in [3.63, 3.8) is 0 Å². The minimum absolute atomic E-state index is 0.0381. The van der Waals surface area contributed by atoms with Crippen LogP contribution in [0, 0.1) is 0 Å². The van der Waals surface area contributed by atoms with E-state index in [-0.39, 0.29) is 37.7 Å². The molecule has 0 spiro atoms. The molecule has 13 heteroatoms. The molecule has 10 nitrogen and oxygen atoms in total. The van der Waals surface area contributed by atoms with Crippen LogP contribution in [0.25, 0.3) is 10.9 Å². The number of hydrogen-bond acceptors (Lipinski definition) is 6. The van der Waals surface area contributed by atoms with Crippen LogP contribution in [0.1, 0.15) is 54.1 Å². The van der Waals surface area contributed by atoms with Gasteiger partial charge in [0.25, 0.3) is 12.4 Å². The van der Waals surface area contributed by atoms with Crippen LogP contribution in [-0.2, 0) is 34.2 Å². The summed E-state index contributed by atoms with van der Waals surface area (Å²) in [6, 6.07) is 12.1. The fourth-order valence-electron chi connectivity index (χ4n) is 5.89. The van der Waals surface area contributed by atoms with Gasteiger partial charge < -0.3 is 25.4 Å². The monoisotopic (exact) mass is 634 g/mol. The number of aliphatic hydroxyl groups is 1. The topological polar surface area (TPSA) is 141 Å². The summed E-state index contributed by atoms with van der Waals surface area (Å²) in [5, 5.41) is 25.1. The Labute approximate surface area is 256 Å². The molecule has 1 saturated carbocycles. The Morgan fingerprint density at radius 3 is 2.48 bits per heavy atom. The van der Waals surface area contributed by atoms with Crippen molar-refractivity contribution in [1.82, 2.24) is 15.2 Å². The van der Waals surface area contributed by atoms with Crippen molar-refractivity contribution in [3.8, 4) is 0 Å². The minimum atomic E-state index is -3.56. The quantitative estimate of drug-likeness (QED) is 0.264. The Kier molecular flexibility index (Phi) is 10.6. The van der Waals surface area contributed by atoms with Crippen LogP contribution < -0.4 is 14.9 Å². The highest BCUT2D eigenvalue weighted by Gasteiger charge is 2.35. The summed E-state index contributed by atoms with van der Waals surface area (Å²) in [5.41, 5.74) is 3.47. The molecule has 44 heavy (non-hydrogen) atoms. The maximum absolute atomic E-state index is 13.7. The normalized spacial score (nSPS) is 18.9. The Morgan fingerprint density at radius 2 is 1.84 bits per heavy atom. The number of sulfonamides is 1. The first-order valence-corrected chi connectivity index (χ1v) is 16.3. The van der Waals surface area contributed by atoms with E-state index in [1.165, 1.54) is 11.4 Å². The molecule has 3 aromatic rings. The zero-order valence-electron chi connectivity index (χ0n) is 24.9. The Balaban J connectivity index is 0.00000141. The van der Waals surface area contributed by atoms with Crippen molar-refractivity contribution >= 4 is 39.0 Å². The lowest BCUT2D eigenvalue weighted by atomic mass is 9.92. The molecule has 5 rings (SSSR count). The Bertz CT molecular complexity index is 1550. The van der Waals surface area contributed by atoms with Crippen LogP contribution >= 0.6 is 0 Å². The van der Waals surface area contributed by atoms with Crippen molar-refractivity contribution in [2.75, 3.05) is 23.7 Å². The molecule has 2 atom stereocenters. The summed E-state index contributed by atoms with van der Waals surface area (Å²) >= 11 is 0. The Morgan fingerprint density at radius 1 is 1.18 bits per heavy atom. The number of benzene rings is 2. The van der Waals surface area contributed by atoms with Crippen molar-refractivity contribution in [2.45, 2.75) is 76.1 Å². The molecule has 240 valence electrons. The fourth-order valence-corrected chi connectivity index (χ4v) is 7.03. The van der Waals surface area contributed by atoms with Crippen molar-refractivity contribution in [2.24, 2.45) is 0 Å². The van der Waals surface area contributed by atoms with Gasteiger partial charge in [0, 0.05) is 56.2 Å². The molecule has 1 aromatic heterocycles. The number of amides is 1. The highest BCUT2D eigenvalue weighted by Crippen LogP contribution is 2.36. The summed E-state index contributed by atoms with van der Waals surface area (Å²) in [5.74, 6) is -3.10. The largest absolute Gasteiger partial charge is 0.483 e. The van der Waals surface area contributed by atoms with Gasteiger partial charge in [0.2, 0.25) is 15.9 Å². The number of halogens is 2. The zero-order chi connectivity index (χ0) is 32.1. The summed E-state index contributed by atoms with van der Waals surface area (Å²) in [6.45, 7) is 2.24. The van der Waals surface area contributed by atoms with Gasteiger partial charge in [0.1, 0.15) is 0 Å². The molecule has 0 unspecified atom stereocenters. The molecule has 2 aliphatic rings. The number of alkyl halides is 2. The van der Waals surface area contributed by atoms with Crippen molar-refractivity contribution in [1.29, 1.82) is 0 Å². The highest BCUT2D eigenvalue weighted by molar-refractivity contribution is 7.92. The van der Waals surface area contributed by atoms with Gasteiger partial charge in [-0.25, -0.2) is 17.2 Å². The molecule has 1 amide bonds. The van der Waals surface area contributed by atoms with E-state index < -0.39 is 34.0 Å². The van der Waals surface area contributed by atoms with E-state index in [2.05, 4.69) is 10.6 Å². The number of aromatic nitrogens is 1. The van der Waals surface area contributed by atoms with E-state index in [9.17, 15) is 27.1 Å². The standard InChI is InChI=1S/C30H38F2N4O4S.CH2O2/c1-3-21-19-36-13-14-41(39,40)35(2)26-17-22(16-24(21)28(26)36)29(38)34-25(15-20-7-5-4-6-8-20)27(37)18-33-23-9-11-30(31,32)12-10-23;2-1-3/h4-8,16-17,19,23,25,27,33,37H,3,9-15,18H2,1-2H3,(H,34,38);1H,(H,2,3)/t25-,27+;/m0./s1. The van der Waals surface area contributed by atoms with E-state index in [1.807, 2.05) is 48.0 Å². The van der Waals surface area contributed by atoms with Crippen molar-refractivity contribution < 1.29 is 37.0 Å². The molecule has 4 N–H and O–H groups in total. The van der Waals surface area contributed by atoms with Crippen LogP contribution in [0.4, 0.5) is 14.5 Å². The first-order valence-electron chi connectivity index (χ1n) is 14.7. The van der Waals surface area contributed by atoms with E-state index >= 15 is 0 Å². The molecule has 1 aliphatic heterocycles. The predicted octanol–water partition coefficient (Wildman–Crippen LogP) is 3.55. The number of anilines is 1. The smallest absolute Gasteiger partial charge is 0.290 e. The number of nitrogens with zero attached hydrogens (tertiary/aromatic N) is 2. The maximum atomic E-state index is 13.7. The summed E-state index contributed by atoms with van der Waals surface area (Å²) in [7, 11) is -2.05. The number of carboxylic acid groups (broad SMARTS) is 1. The van der Waals surface area contributed by atoms with Gasteiger partial charge in [-0.15, -0.1) is 0 Å². The van der Waals surface area contributed by atoms with E-state index in [0.29, 0.717) is 37.1 Å². The van der Waals surface area contributed by atoms with Crippen LogP contribution in [0.5, 0.6) is 0 Å². The zero-order valence-corrected chi connectivity index (χ0v) is 25.7. The van der Waals surface area contributed by atoms with E-state index in [0.717, 1.165) is 28.5 Å². The van der Waals surface area contributed by atoms with Gasteiger partial charge in [-0.05, 0) is 48.9 Å². The third-order valence-electron chi connectivity index (χ3n) is 8.44. The maximum Gasteiger partial charge on any atom is 0.290 e. The van der Waals surface area contributed by atoms with Crippen LogP contribution in [0.15, 0.2) is 48.7 Å². The third-order valence-corrected chi connectivity index (χ3v) is 10.2. The number of carbonyl (C=O) groups is 2. The number of nitrogens with one attached hydrogen (secondary N) is 2. The fraction of sp³-hybridized carbons (Fsp3) is 0.484. The molecule has 2 aromatic carbocycles. The number of hydrogen-bond donors (Lipinski definition) is 4. The third kappa shape index (κ3) is 7.74. The first-order chi connectivity index (χ1) is 20.9. The lowest BCUT2D eigenvalue weighted by Crippen LogP contribution is -2.50. The van der Waals surface area contributed by atoms with Gasteiger partial charge in [-0.3, -0.25) is 13.9 Å². The second kappa shape index (κ2) is 14.0. The molecular weight excluding hydrogens is 594 g/mol. The van der Waals surface area contributed by atoms with Crippen molar-refractivity contribution in [3.05, 3.63) is 65.4 Å². The van der Waals surface area contributed by atoms with Gasteiger partial charge in [0.15, 0.2) is 0 Å². The number of carbonyl (C=O) groups excluding carboxylic acids is 1. The van der Waals surface area contributed by atoms with Crippen LogP contribution in [-0.4, -0.2) is 79.0 Å². The lowest BCUT2D eigenvalue weighted by Gasteiger charge is -2.31. The Hall–Kier alpha value is -3.55. The minimum Gasteiger partial charge on any atom is -0.483 e. The van der Waals surface area contributed by atoms with Gasteiger partial charge in [0.05, 0.1) is 29.1 Å².